The van der Waals surface area contributed by atoms with Crippen LogP contribution in [0, 0.1) is 5.82 Å². The van der Waals surface area contributed by atoms with Gasteiger partial charge in [-0.3, -0.25) is 10.1 Å². The highest BCUT2D eigenvalue weighted by atomic mass is 19.1. The Morgan fingerprint density at radius 1 is 1.12 bits per heavy atom. The zero-order valence-corrected chi connectivity index (χ0v) is 18.8. The van der Waals surface area contributed by atoms with E-state index in [-0.39, 0.29) is 5.82 Å². The van der Waals surface area contributed by atoms with Crippen LogP contribution in [0.3, 0.4) is 0 Å². The minimum absolute atomic E-state index is 0.373. The Morgan fingerprint density at radius 2 is 2.00 bits per heavy atom. The molecule has 5 aromatic rings. The molecule has 0 bridgehead atoms. The number of aromatic nitrogens is 5. The fourth-order valence-electron chi connectivity index (χ4n) is 3.99. The second kappa shape index (κ2) is 8.78. The zero-order chi connectivity index (χ0) is 23.7. The number of hydrogen-bond donors (Lipinski definition) is 2. The Kier molecular flexibility index (Phi) is 5.51. The van der Waals surface area contributed by atoms with Crippen molar-refractivity contribution < 1.29 is 9.13 Å². The molecule has 0 spiro atoms. The van der Waals surface area contributed by atoms with Gasteiger partial charge in [0.1, 0.15) is 22.8 Å². The summed E-state index contributed by atoms with van der Waals surface area (Å²) in [5.41, 5.74) is 7.15. The summed E-state index contributed by atoms with van der Waals surface area (Å²) in [4.78, 5) is 12.6. The highest BCUT2D eigenvalue weighted by Gasteiger charge is 2.16. The molecule has 1 aromatic carbocycles. The molecule has 7 heteroatoms. The van der Waals surface area contributed by atoms with Crippen LogP contribution in [0.5, 0.6) is 5.75 Å². The maximum absolute atomic E-state index is 14.2. The number of aromatic amines is 2. The number of rotatable bonds is 6. The Morgan fingerprint density at radius 3 is 2.79 bits per heavy atom. The Bertz CT molecular complexity index is 1590. The lowest BCUT2D eigenvalue weighted by atomic mass is 10.0. The largest absolute Gasteiger partial charge is 0.497 e. The van der Waals surface area contributed by atoms with Crippen molar-refractivity contribution in [1.82, 2.24) is 25.1 Å². The molecule has 0 radical (unpaired) electrons. The molecule has 4 aromatic heterocycles. The number of fused-ring (bicyclic) bond motifs is 2. The maximum atomic E-state index is 14.2. The van der Waals surface area contributed by atoms with Crippen molar-refractivity contribution in [3.63, 3.8) is 0 Å². The van der Waals surface area contributed by atoms with Crippen LogP contribution in [0.1, 0.15) is 12.6 Å². The van der Waals surface area contributed by atoms with E-state index >= 15 is 0 Å². The van der Waals surface area contributed by atoms with E-state index in [1.54, 1.807) is 24.5 Å². The molecule has 168 valence electrons. The lowest BCUT2D eigenvalue weighted by Crippen LogP contribution is -1.88. The van der Waals surface area contributed by atoms with Gasteiger partial charge >= 0.3 is 0 Å². The number of nitrogens with zero attached hydrogens (tertiary/aromatic N) is 3. The number of nitrogens with one attached hydrogen (secondary N) is 2. The molecule has 0 aliphatic heterocycles. The lowest BCUT2D eigenvalue weighted by molar-refractivity contribution is 0.411. The number of H-pyrrole nitrogens is 2. The fourth-order valence-corrected chi connectivity index (χ4v) is 3.99. The Balaban J connectivity index is 1.64. The molecule has 34 heavy (non-hydrogen) atoms. The van der Waals surface area contributed by atoms with Gasteiger partial charge in [0.05, 0.1) is 35.7 Å². The van der Waals surface area contributed by atoms with Crippen LogP contribution < -0.4 is 4.74 Å². The smallest absolute Gasteiger partial charge is 0.135 e. The van der Waals surface area contributed by atoms with Gasteiger partial charge in [-0.2, -0.15) is 5.10 Å². The number of allylic oxidation sites excluding steroid dienone is 5. The van der Waals surface area contributed by atoms with Gasteiger partial charge in [0.2, 0.25) is 0 Å². The van der Waals surface area contributed by atoms with Crippen LogP contribution in [0.4, 0.5) is 4.39 Å². The zero-order valence-electron chi connectivity index (χ0n) is 18.8. The molecule has 5 rings (SSSR count). The minimum Gasteiger partial charge on any atom is -0.497 e. The van der Waals surface area contributed by atoms with E-state index in [9.17, 15) is 4.39 Å². The van der Waals surface area contributed by atoms with Crippen LogP contribution in [0.25, 0.3) is 50.0 Å². The molecular formula is C27H22FN5O. The Hall–Kier alpha value is -4.52. The number of halogens is 1. The summed E-state index contributed by atoms with van der Waals surface area (Å²) in [6.07, 6.45) is 11.0. The van der Waals surface area contributed by atoms with Crippen molar-refractivity contribution in [2.24, 2.45) is 0 Å². The van der Waals surface area contributed by atoms with Crippen LogP contribution >= 0.6 is 0 Å². The van der Waals surface area contributed by atoms with Crippen molar-refractivity contribution in [1.29, 1.82) is 0 Å². The highest BCUT2D eigenvalue weighted by molar-refractivity contribution is 6.00. The van der Waals surface area contributed by atoms with Gasteiger partial charge in [0, 0.05) is 23.2 Å². The molecule has 0 fully saturated rings. The van der Waals surface area contributed by atoms with Gasteiger partial charge in [-0.15, -0.1) is 0 Å². The third-order valence-corrected chi connectivity index (χ3v) is 5.65. The molecule has 0 aliphatic rings. The number of ether oxygens (including phenoxy) is 1. The standard InChI is InChI=1S/C27H22FN5O/c1-4-6-7-16(5-2)22-8-9-23-26(31-22)27(33-32-23)24-13-20-21(14-29-15-25(20)30-24)17-10-18(28)12-19(11-17)34-3/h4-15,30H,1H2,2-3H3,(H,32,33)/b7-6-,16-5+. The molecule has 0 atom stereocenters. The second-order valence-electron chi connectivity index (χ2n) is 7.71. The third kappa shape index (κ3) is 3.77. The normalized spacial score (nSPS) is 12.1. The monoisotopic (exact) mass is 451 g/mol. The first-order valence-electron chi connectivity index (χ1n) is 10.7. The van der Waals surface area contributed by atoms with Crippen molar-refractivity contribution in [2.75, 3.05) is 7.11 Å². The average Bonchev–Trinajstić information content (AvgIpc) is 3.47. The van der Waals surface area contributed by atoms with Gasteiger partial charge in [-0.05, 0) is 48.4 Å². The van der Waals surface area contributed by atoms with E-state index < -0.39 is 0 Å². The topological polar surface area (TPSA) is 79.5 Å². The maximum Gasteiger partial charge on any atom is 0.135 e. The fraction of sp³-hybridized carbons (Fsp3) is 0.0741. The first-order chi connectivity index (χ1) is 16.6. The average molecular weight is 452 g/mol. The van der Waals surface area contributed by atoms with Crippen molar-refractivity contribution in [2.45, 2.75) is 6.92 Å². The van der Waals surface area contributed by atoms with E-state index in [1.165, 1.54) is 19.2 Å². The molecule has 0 saturated carbocycles. The molecule has 4 heterocycles. The van der Waals surface area contributed by atoms with Crippen LogP contribution in [0.2, 0.25) is 0 Å². The Labute approximate surface area is 195 Å². The molecular weight excluding hydrogens is 429 g/mol. The van der Waals surface area contributed by atoms with E-state index in [0.29, 0.717) is 17.0 Å². The number of hydrogen-bond acceptors (Lipinski definition) is 4. The van der Waals surface area contributed by atoms with Crippen molar-refractivity contribution in [3.05, 3.63) is 91.2 Å². The molecule has 0 aliphatic carbocycles. The molecule has 6 nitrogen and oxygen atoms in total. The summed E-state index contributed by atoms with van der Waals surface area (Å²) >= 11 is 0. The van der Waals surface area contributed by atoms with E-state index in [0.717, 1.165) is 44.5 Å². The predicted octanol–water partition coefficient (Wildman–Crippen LogP) is 6.46. The minimum atomic E-state index is -0.373. The summed E-state index contributed by atoms with van der Waals surface area (Å²) in [7, 11) is 1.52. The third-order valence-electron chi connectivity index (χ3n) is 5.65. The highest BCUT2D eigenvalue weighted by Crippen LogP contribution is 2.34. The first kappa shape index (κ1) is 21.3. The van der Waals surface area contributed by atoms with Gasteiger partial charge in [-0.1, -0.05) is 30.9 Å². The quantitative estimate of drug-likeness (QED) is 0.290. The number of benzene rings is 1. The summed E-state index contributed by atoms with van der Waals surface area (Å²) < 4.78 is 19.4. The van der Waals surface area contributed by atoms with Gasteiger partial charge in [0.15, 0.2) is 0 Å². The van der Waals surface area contributed by atoms with Crippen molar-refractivity contribution >= 4 is 27.5 Å². The van der Waals surface area contributed by atoms with E-state index in [4.69, 9.17) is 9.72 Å². The predicted molar refractivity (Wildman–Crippen MR) is 134 cm³/mol. The first-order valence-corrected chi connectivity index (χ1v) is 10.7. The molecule has 2 N–H and O–H groups in total. The van der Waals surface area contributed by atoms with Crippen LogP contribution in [0.15, 0.2) is 79.7 Å². The number of pyridine rings is 2. The molecule has 0 unspecified atom stereocenters. The molecule has 0 amide bonds. The summed E-state index contributed by atoms with van der Waals surface area (Å²) in [6.45, 7) is 5.70. The summed E-state index contributed by atoms with van der Waals surface area (Å²) in [5.74, 6) is 0.0745. The second-order valence-corrected chi connectivity index (χ2v) is 7.71. The van der Waals surface area contributed by atoms with Gasteiger partial charge in [0.25, 0.3) is 0 Å². The van der Waals surface area contributed by atoms with E-state index in [2.05, 4.69) is 26.7 Å². The summed E-state index contributed by atoms with van der Waals surface area (Å²) in [6, 6.07) is 10.5. The van der Waals surface area contributed by atoms with Gasteiger partial charge in [-0.25, -0.2) is 9.37 Å². The van der Waals surface area contributed by atoms with Crippen molar-refractivity contribution in [3.8, 4) is 28.3 Å². The van der Waals surface area contributed by atoms with Crippen LogP contribution in [-0.2, 0) is 0 Å². The van der Waals surface area contributed by atoms with Gasteiger partial charge < -0.3 is 9.72 Å². The van der Waals surface area contributed by atoms with Crippen LogP contribution in [-0.4, -0.2) is 32.3 Å². The number of methoxy groups -OCH3 is 1. The lowest BCUT2D eigenvalue weighted by Gasteiger charge is -2.06. The summed E-state index contributed by atoms with van der Waals surface area (Å²) in [5, 5.41) is 8.48. The molecule has 0 saturated heterocycles. The SMILES string of the molecule is C=C/C=C\C(=C/C)c1ccc2[nH]nc(-c3cc4c(-c5cc(F)cc(OC)c5)cncc4[nH]3)c2n1. The van der Waals surface area contributed by atoms with E-state index in [1.807, 2.05) is 43.4 Å².